The molecule has 1 fully saturated rings. The molecular formula is C19H31NO. The first kappa shape index (κ1) is 16.5. The fraction of sp³-hybridized carbons (Fsp3) is 0.684. The minimum absolute atomic E-state index is 0.0164. The molecule has 0 heterocycles. The monoisotopic (exact) mass is 289 g/mol. The van der Waals surface area contributed by atoms with Crippen molar-refractivity contribution in [2.75, 3.05) is 13.2 Å². The van der Waals surface area contributed by atoms with Crippen LogP contribution in [0.3, 0.4) is 0 Å². The van der Waals surface area contributed by atoms with Crippen molar-refractivity contribution in [2.24, 2.45) is 0 Å². The Morgan fingerprint density at radius 2 is 1.76 bits per heavy atom. The van der Waals surface area contributed by atoms with Crippen LogP contribution in [0.15, 0.2) is 24.3 Å². The largest absolute Gasteiger partial charge is 0.373 e. The fourth-order valence-corrected chi connectivity index (χ4v) is 3.61. The highest BCUT2D eigenvalue weighted by Gasteiger charge is 2.41. The summed E-state index contributed by atoms with van der Waals surface area (Å²) in [5, 5.41) is 3.78. The number of benzene rings is 1. The molecule has 1 aromatic rings. The molecule has 1 aliphatic carbocycles. The molecule has 0 saturated heterocycles. The third kappa shape index (κ3) is 4.08. The number of rotatable bonds is 7. The minimum Gasteiger partial charge on any atom is -0.373 e. The van der Waals surface area contributed by atoms with E-state index in [4.69, 9.17) is 4.74 Å². The molecule has 0 bridgehead atoms. The van der Waals surface area contributed by atoms with Gasteiger partial charge in [0.25, 0.3) is 0 Å². The van der Waals surface area contributed by atoms with Gasteiger partial charge in [0.15, 0.2) is 0 Å². The van der Waals surface area contributed by atoms with Crippen molar-refractivity contribution in [1.29, 1.82) is 0 Å². The van der Waals surface area contributed by atoms with Gasteiger partial charge < -0.3 is 10.1 Å². The van der Waals surface area contributed by atoms with Crippen molar-refractivity contribution < 1.29 is 4.74 Å². The van der Waals surface area contributed by atoms with Crippen LogP contribution in [0.4, 0.5) is 0 Å². The maximum absolute atomic E-state index is 6.35. The van der Waals surface area contributed by atoms with E-state index in [9.17, 15) is 0 Å². The Morgan fingerprint density at radius 1 is 1.10 bits per heavy atom. The first-order valence-electron chi connectivity index (χ1n) is 8.66. The number of hydrogen-bond donors (Lipinski definition) is 1. The number of aryl methyl sites for hydroxylation is 1. The third-order valence-corrected chi connectivity index (χ3v) is 4.67. The average molecular weight is 289 g/mol. The summed E-state index contributed by atoms with van der Waals surface area (Å²) in [4.78, 5) is 0. The van der Waals surface area contributed by atoms with Crippen LogP contribution in [0.5, 0.6) is 0 Å². The van der Waals surface area contributed by atoms with Crippen LogP contribution in [-0.2, 0) is 4.74 Å². The van der Waals surface area contributed by atoms with E-state index in [1.165, 1.54) is 43.2 Å². The predicted octanol–water partition coefficient (Wildman–Crippen LogP) is 4.78. The summed E-state index contributed by atoms with van der Waals surface area (Å²) in [5.74, 6) is 0. The van der Waals surface area contributed by atoms with Crippen molar-refractivity contribution in [1.82, 2.24) is 5.32 Å². The van der Waals surface area contributed by atoms with E-state index in [2.05, 4.69) is 50.4 Å². The molecule has 1 atom stereocenters. The van der Waals surface area contributed by atoms with Crippen molar-refractivity contribution in [3.8, 4) is 0 Å². The molecular weight excluding hydrogens is 258 g/mol. The lowest BCUT2D eigenvalue weighted by Gasteiger charge is -2.44. The first-order chi connectivity index (χ1) is 10.2. The highest BCUT2D eigenvalue weighted by Crippen LogP contribution is 2.41. The van der Waals surface area contributed by atoms with Crippen LogP contribution >= 0.6 is 0 Å². The zero-order valence-corrected chi connectivity index (χ0v) is 14.0. The van der Waals surface area contributed by atoms with E-state index >= 15 is 0 Å². The molecule has 2 nitrogen and oxygen atoms in total. The molecule has 0 aliphatic heterocycles. The molecule has 0 amide bonds. The Bertz CT molecular complexity index is 401. The SMILES string of the molecule is CCCNC(c1ccc(C)cc1)C1(OCC)CCCCC1. The van der Waals surface area contributed by atoms with E-state index in [0.29, 0.717) is 6.04 Å². The van der Waals surface area contributed by atoms with Crippen molar-refractivity contribution in [3.05, 3.63) is 35.4 Å². The van der Waals surface area contributed by atoms with Gasteiger partial charge in [-0.25, -0.2) is 0 Å². The molecule has 1 aromatic carbocycles. The molecule has 118 valence electrons. The average Bonchev–Trinajstić information content (AvgIpc) is 2.50. The molecule has 1 aliphatic rings. The van der Waals surface area contributed by atoms with E-state index in [0.717, 1.165) is 19.6 Å². The summed E-state index contributed by atoms with van der Waals surface area (Å²) in [6.45, 7) is 8.36. The van der Waals surface area contributed by atoms with Crippen LogP contribution < -0.4 is 5.32 Å². The fourth-order valence-electron chi connectivity index (χ4n) is 3.61. The Hall–Kier alpha value is -0.860. The Kier molecular flexibility index (Phi) is 6.25. The second-order valence-corrected chi connectivity index (χ2v) is 6.36. The topological polar surface area (TPSA) is 21.3 Å². The van der Waals surface area contributed by atoms with Gasteiger partial charge in [-0.15, -0.1) is 0 Å². The molecule has 21 heavy (non-hydrogen) atoms. The Labute approximate surface area is 130 Å². The maximum Gasteiger partial charge on any atom is 0.0876 e. The lowest BCUT2D eigenvalue weighted by Crippen LogP contribution is -2.48. The highest BCUT2D eigenvalue weighted by molar-refractivity contribution is 5.27. The summed E-state index contributed by atoms with van der Waals surface area (Å²) in [7, 11) is 0. The van der Waals surface area contributed by atoms with Gasteiger partial charge in [-0.2, -0.15) is 0 Å². The van der Waals surface area contributed by atoms with Crippen molar-refractivity contribution in [3.63, 3.8) is 0 Å². The lowest BCUT2D eigenvalue weighted by molar-refractivity contribution is -0.0912. The van der Waals surface area contributed by atoms with Gasteiger partial charge >= 0.3 is 0 Å². The standard InChI is InChI=1S/C19H31NO/c1-4-15-20-18(17-11-9-16(3)10-12-17)19(21-5-2)13-7-6-8-14-19/h9-12,18,20H,4-8,13-15H2,1-3H3. The molecule has 0 aromatic heterocycles. The summed E-state index contributed by atoms with van der Waals surface area (Å²) in [5.41, 5.74) is 2.68. The normalized spacial score (nSPS) is 19.4. The summed E-state index contributed by atoms with van der Waals surface area (Å²) in [6.07, 6.45) is 7.44. The van der Waals surface area contributed by atoms with Crippen LogP contribution in [0, 0.1) is 6.92 Å². The number of nitrogens with one attached hydrogen (secondary N) is 1. The van der Waals surface area contributed by atoms with E-state index in [-0.39, 0.29) is 5.60 Å². The van der Waals surface area contributed by atoms with Crippen LogP contribution in [0.1, 0.15) is 69.5 Å². The first-order valence-corrected chi connectivity index (χ1v) is 8.66. The van der Waals surface area contributed by atoms with Gasteiger partial charge in [-0.05, 0) is 45.2 Å². The second-order valence-electron chi connectivity index (χ2n) is 6.36. The molecule has 1 unspecified atom stereocenters. The molecule has 0 radical (unpaired) electrons. The molecule has 2 rings (SSSR count). The van der Waals surface area contributed by atoms with Gasteiger partial charge in [0, 0.05) is 6.61 Å². The quantitative estimate of drug-likeness (QED) is 0.780. The summed E-state index contributed by atoms with van der Waals surface area (Å²) in [6, 6.07) is 9.31. The predicted molar refractivity (Wildman–Crippen MR) is 89.7 cm³/mol. The molecule has 2 heteroatoms. The minimum atomic E-state index is -0.0164. The lowest BCUT2D eigenvalue weighted by atomic mass is 9.76. The number of ether oxygens (including phenoxy) is 1. The molecule has 0 spiro atoms. The second kappa shape index (κ2) is 7.95. The number of hydrogen-bond acceptors (Lipinski definition) is 2. The van der Waals surface area contributed by atoms with Gasteiger partial charge in [-0.3, -0.25) is 0 Å². The van der Waals surface area contributed by atoms with E-state index in [1.807, 2.05) is 0 Å². The summed E-state index contributed by atoms with van der Waals surface area (Å²) < 4.78 is 6.35. The third-order valence-electron chi connectivity index (χ3n) is 4.67. The Morgan fingerprint density at radius 3 is 2.33 bits per heavy atom. The zero-order chi connectivity index (χ0) is 15.1. The van der Waals surface area contributed by atoms with Gasteiger partial charge in [0.05, 0.1) is 11.6 Å². The van der Waals surface area contributed by atoms with Crippen LogP contribution in [0.25, 0.3) is 0 Å². The molecule has 1 N–H and O–H groups in total. The Balaban J connectivity index is 2.29. The zero-order valence-electron chi connectivity index (χ0n) is 14.0. The van der Waals surface area contributed by atoms with Crippen LogP contribution in [0.2, 0.25) is 0 Å². The van der Waals surface area contributed by atoms with Gasteiger partial charge in [-0.1, -0.05) is 56.0 Å². The van der Waals surface area contributed by atoms with Crippen molar-refractivity contribution in [2.45, 2.75) is 70.9 Å². The van der Waals surface area contributed by atoms with E-state index < -0.39 is 0 Å². The van der Waals surface area contributed by atoms with Gasteiger partial charge in [0.2, 0.25) is 0 Å². The van der Waals surface area contributed by atoms with Gasteiger partial charge in [0.1, 0.15) is 0 Å². The maximum atomic E-state index is 6.35. The van der Waals surface area contributed by atoms with E-state index in [1.54, 1.807) is 0 Å². The van der Waals surface area contributed by atoms with Crippen LogP contribution in [-0.4, -0.2) is 18.8 Å². The molecule has 1 saturated carbocycles. The summed E-state index contributed by atoms with van der Waals surface area (Å²) >= 11 is 0. The highest BCUT2D eigenvalue weighted by atomic mass is 16.5. The smallest absolute Gasteiger partial charge is 0.0876 e. The van der Waals surface area contributed by atoms with Crippen molar-refractivity contribution >= 4 is 0 Å².